The number of aryl methyl sites for hydroxylation is 1. The molecule has 0 bridgehead atoms. The van der Waals surface area contributed by atoms with Crippen molar-refractivity contribution in [3.05, 3.63) is 54.2 Å². The van der Waals surface area contributed by atoms with Crippen LogP contribution in [0.5, 0.6) is 11.5 Å². The second-order valence-corrected chi connectivity index (χ2v) is 9.63. The number of nitrogens with zero attached hydrogens (tertiary/aromatic N) is 6. The Morgan fingerprint density at radius 3 is 2.77 bits per heavy atom. The Morgan fingerprint density at radius 1 is 1.13 bits per heavy atom. The average Bonchev–Trinajstić information content (AvgIpc) is 3.50. The minimum absolute atomic E-state index is 0.114. The zero-order chi connectivity index (χ0) is 27.2. The van der Waals surface area contributed by atoms with Crippen LogP contribution >= 0.6 is 0 Å². The van der Waals surface area contributed by atoms with Gasteiger partial charge in [-0.25, -0.2) is 14.8 Å². The van der Waals surface area contributed by atoms with Gasteiger partial charge in [0.15, 0.2) is 11.5 Å². The number of rotatable bonds is 8. The van der Waals surface area contributed by atoms with Gasteiger partial charge in [0.05, 0.1) is 6.04 Å². The summed E-state index contributed by atoms with van der Waals surface area (Å²) in [6.45, 7) is 7.44. The number of amides is 3. The zero-order valence-electron chi connectivity index (χ0n) is 22.3. The fraction of sp³-hybridized carbons (Fsp3) is 0.444. The van der Waals surface area contributed by atoms with E-state index in [-0.39, 0.29) is 24.4 Å². The predicted octanol–water partition coefficient (Wildman–Crippen LogP) is 2.06. The molecule has 0 aliphatic carbocycles. The molecule has 0 spiro atoms. The summed E-state index contributed by atoms with van der Waals surface area (Å²) < 4.78 is 13.0. The lowest BCUT2D eigenvalue weighted by atomic mass is 10.1. The molecule has 1 unspecified atom stereocenters. The lowest BCUT2D eigenvalue weighted by Crippen LogP contribution is -2.58. The topological polar surface area (TPSA) is 127 Å². The molecule has 1 fully saturated rings. The number of imidazole rings is 1. The molecule has 2 aromatic heterocycles. The van der Waals surface area contributed by atoms with Crippen molar-refractivity contribution >= 4 is 17.8 Å². The van der Waals surface area contributed by atoms with Crippen molar-refractivity contribution in [2.45, 2.75) is 39.3 Å². The Bertz CT molecular complexity index is 1300. The van der Waals surface area contributed by atoms with E-state index >= 15 is 0 Å². The maximum atomic E-state index is 13.2. The van der Waals surface area contributed by atoms with E-state index in [1.165, 1.54) is 0 Å². The third-order valence-corrected chi connectivity index (χ3v) is 6.75. The highest BCUT2D eigenvalue weighted by molar-refractivity contribution is 5.78. The molecule has 12 heteroatoms. The van der Waals surface area contributed by atoms with Crippen molar-refractivity contribution < 1.29 is 19.1 Å². The standard InChI is InChI=1S/C27H34N8O4/c1-3-6-29-27(37)33-9-10-35(25-19(2)15-31-26(32-25)34-8-7-28-18-34)21(17-33)14-24(36)30-16-20-4-5-22-23(13-20)39-12-11-38-22/h4-5,7-8,13,15,18,21H,3,6,9-12,14,16-17H2,1-2H3,(H,29,37)(H,30,36). The minimum Gasteiger partial charge on any atom is -0.486 e. The van der Waals surface area contributed by atoms with Crippen LogP contribution in [0.25, 0.3) is 5.95 Å². The highest BCUT2D eigenvalue weighted by atomic mass is 16.6. The summed E-state index contributed by atoms with van der Waals surface area (Å²) in [5.41, 5.74) is 1.81. The van der Waals surface area contributed by atoms with E-state index < -0.39 is 0 Å². The van der Waals surface area contributed by atoms with Gasteiger partial charge in [-0.05, 0) is 31.0 Å². The lowest BCUT2D eigenvalue weighted by molar-refractivity contribution is -0.121. The first-order chi connectivity index (χ1) is 19.0. The van der Waals surface area contributed by atoms with Crippen LogP contribution in [0.15, 0.2) is 43.1 Å². The molecule has 0 radical (unpaired) electrons. The van der Waals surface area contributed by atoms with E-state index in [2.05, 4.69) is 25.5 Å². The molecule has 1 aromatic carbocycles. The Kier molecular flexibility index (Phi) is 8.09. The highest BCUT2D eigenvalue weighted by Gasteiger charge is 2.33. The van der Waals surface area contributed by atoms with Crippen LogP contribution < -0.4 is 25.0 Å². The van der Waals surface area contributed by atoms with E-state index in [1.807, 2.05) is 32.0 Å². The Hall–Kier alpha value is -4.35. The number of fused-ring (bicyclic) bond motifs is 1. The number of piperazine rings is 1. The first-order valence-corrected chi connectivity index (χ1v) is 13.3. The smallest absolute Gasteiger partial charge is 0.317 e. The number of hydrogen-bond donors (Lipinski definition) is 2. The Labute approximate surface area is 227 Å². The van der Waals surface area contributed by atoms with Gasteiger partial charge in [-0.3, -0.25) is 9.36 Å². The fourth-order valence-electron chi connectivity index (χ4n) is 4.74. The SMILES string of the molecule is CCCNC(=O)N1CCN(c2nc(-n3ccnc3)ncc2C)C(CC(=O)NCc2ccc3c(c2)OCCO3)C1. The number of carbonyl (C=O) groups is 2. The van der Waals surface area contributed by atoms with Crippen LogP contribution in [0.2, 0.25) is 0 Å². The minimum atomic E-state index is -0.268. The molecule has 206 valence electrons. The number of aromatic nitrogens is 4. The van der Waals surface area contributed by atoms with Crippen molar-refractivity contribution in [3.8, 4) is 17.4 Å². The summed E-state index contributed by atoms with van der Waals surface area (Å²) in [5.74, 6) is 2.53. The molecular weight excluding hydrogens is 500 g/mol. The van der Waals surface area contributed by atoms with Crippen molar-refractivity contribution in [1.29, 1.82) is 0 Å². The van der Waals surface area contributed by atoms with Gasteiger partial charge in [0.1, 0.15) is 25.4 Å². The molecule has 2 aliphatic rings. The van der Waals surface area contributed by atoms with Gasteiger partial charge < -0.3 is 29.9 Å². The van der Waals surface area contributed by atoms with Gasteiger partial charge in [-0.2, -0.15) is 4.98 Å². The first kappa shape index (κ1) is 26.3. The quantitative estimate of drug-likeness (QED) is 0.450. The summed E-state index contributed by atoms with van der Waals surface area (Å²) in [7, 11) is 0. The Balaban J connectivity index is 1.31. The maximum absolute atomic E-state index is 13.2. The van der Waals surface area contributed by atoms with Gasteiger partial charge in [-0.1, -0.05) is 13.0 Å². The molecule has 2 N–H and O–H groups in total. The molecule has 3 aromatic rings. The van der Waals surface area contributed by atoms with E-state index in [9.17, 15) is 9.59 Å². The van der Waals surface area contributed by atoms with Crippen LogP contribution in [0.4, 0.5) is 10.6 Å². The summed E-state index contributed by atoms with van der Waals surface area (Å²) in [6, 6.07) is 5.29. The van der Waals surface area contributed by atoms with E-state index in [0.29, 0.717) is 63.4 Å². The van der Waals surface area contributed by atoms with Crippen LogP contribution in [0, 0.1) is 6.92 Å². The molecule has 5 rings (SSSR count). The second kappa shape index (κ2) is 12.0. The van der Waals surface area contributed by atoms with Crippen molar-refractivity contribution in [3.63, 3.8) is 0 Å². The average molecular weight is 535 g/mol. The van der Waals surface area contributed by atoms with Crippen LogP contribution in [-0.4, -0.2) is 81.8 Å². The van der Waals surface area contributed by atoms with Crippen LogP contribution in [0.1, 0.15) is 30.9 Å². The van der Waals surface area contributed by atoms with Gasteiger partial charge in [-0.15, -0.1) is 0 Å². The van der Waals surface area contributed by atoms with Crippen molar-refractivity contribution in [2.24, 2.45) is 0 Å². The number of nitrogens with one attached hydrogen (secondary N) is 2. The number of ether oxygens (including phenoxy) is 2. The third-order valence-electron chi connectivity index (χ3n) is 6.75. The maximum Gasteiger partial charge on any atom is 0.317 e. The molecule has 1 atom stereocenters. The molecule has 39 heavy (non-hydrogen) atoms. The molecule has 1 saturated heterocycles. The molecule has 2 aliphatic heterocycles. The summed E-state index contributed by atoms with van der Waals surface area (Å²) in [6.07, 6.45) is 7.93. The summed E-state index contributed by atoms with van der Waals surface area (Å²) in [4.78, 5) is 43.2. The predicted molar refractivity (Wildman–Crippen MR) is 144 cm³/mol. The van der Waals surface area contributed by atoms with E-state index in [1.54, 1.807) is 34.4 Å². The van der Waals surface area contributed by atoms with Gasteiger partial charge in [0.25, 0.3) is 0 Å². The molecule has 0 saturated carbocycles. The summed E-state index contributed by atoms with van der Waals surface area (Å²) >= 11 is 0. The third kappa shape index (κ3) is 6.21. The molecule has 4 heterocycles. The molecule has 3 amide bonds. The van der Waals surface area contributed by atoms with Crippen molar-refractivity contribution in [2.75, 3.05) is 44.3 Å². The number of hydrogen-bond acceptors (Lipinski definition) is 8. The number of anilines is 1. The van der Waals surface area contributed by atoms with Crippen LogP contribution in [-0.2, 0) is 11.3 Å². The molecular formula is C27H34N8O4. The van der Waals surface area contributed by atoms with Crippen molar-refractivity contribution in [1.82, 2.24) is 35.1 Å². The largest absolute Gasteiger partial charge is 0.486 e. The van der Waals surface area contributed by atoms with Gasteiger partial charge in [0.2, 0.25) is 11.9 Å². The van der Waals surface area contributed by atoms with E-state index in [4.69, 9.17) is 14.5 Å². The Morgan fingerprint density at radius 2 is 1.97 bits per heavy atom. The first-order valence-electron chi connectivity index (χ1n) is 13.3. The zero-order valence-corrected chi connectivity index (χ0v) is 22.3. The number of benzene rings is 1. The molecule has 12 nitrogen and oxygen atoms in total. The number of urea groups is 1. The highest BCUT2D eigenvalue weighted by Crippen LogP contribution is 2.31. The summed E-state index contributed by atoms with van der Waals surface area (Å²) in [5, 5.41) is 5.98. The fourth-order valence-corrected chi connectivity index (χ4v) is 4.74. The van der Waals surface area contributed by atoms with Crippen LogP contribution in [0.3, 0.4) is 0 Å². The number of carbonyl (C=O) groups excluding carboxylic acids is 2. The van der Waals surface area contributed by atoms with Gasteiger partial charge >= 0.3 is 6.03 Å². The lowest BCUT2D eigenvalue weighted by Gasteiger charge is -2.42. The second-order valence-electron chi connectivity index (χ2n) is 9.63. The van der Waals surface area contributed by atoms with Gasteiger partial charge in [0, 0.05) is 63.3 Å². The monoisotopic (exact) mass is 534 g/mol. The van der Waals surface area contributed by atoms with E-state index in [0.717, 1.165) is 23.4 Å². The normalized spacial score (nSPS) is 16.6.